The molecule has 1 saturated carbocycles. The maximum atomic E-state index is 12.8. The van der Waals surface area contributed by atoms with E-state index in [1.807, 2.05) is 0 Å². The summed E-state index contributed by atoms with van der Waals surface area (Å²) in [5, 5.41) is 2.34. The van der Waals surface area contributed by atoms with Crippen molar-refractivity contribution in [2.45, 2.75) is 20.3 Å². The molecular weight excluding hydrogens is 325 g/mol. The van der Waals surface area contributed by atoms with Crippen molar-refractivity contribution in [3.8, 4) is 5.75 Å². The van der Waals surface area contributed by atoms with Gasteiger partial charge < -0.3 is 9.50 Å². The van der Waals surface area contributed by atoms with E-state index in [4.69, 9.17) is 0 Å². The first-order valence-electron chi connectivity index (χ1n) is 6.20. The van der Waals surface area contributed by atoms with Crippen LogP contribution >= 0.6 is 0 Å². The molecule has 1 N–H and O–H groups in total. The summed E-state index contributed by atoms with van der Waals surface area (Å²) in [7, 11) is -5.22. The van der Waals surface area contributed by atoms with E-state index in [1.54, 1.807) is 13.8 Å². The van der Waals surface area contributed by atoms with Gasteiger partial charge in [-0.15, -0.1) is 0 Å². The zero-order chi connectivity index (χ0) is 16.7. The molecule has 122 valence electrons. The van der Waals surface area contributed by atoms with Crippen LogP contribution in [0.2, 0.25) is 0 Å². The van der Waals surface area contributed by atoms with Crippen LogP contribution in [0, 0.1) is 17.3 Å². The Morgan fingerprint density at radius 3 is 2.55 bits per heavy atom. The first kappa shape index (κ1) is 16.5. The summed E-state index contributed by atoms with van der Waals surface area (Å²) >= 11 is 0. The molecule has 1 heterocycles. The van der Waals surface area contributed by atoms with Gasteiger partial charge >= 0.3 is 10.5 Å². The Morgan fingerprint density at radius 1 is 1.41 bits per heavy atom. The lowest BCUT2D eigenvalue weighted by Crippen LogP contribution is -2.17. The number of amides is 1. The van der Waals surface area contributed by atoms with Crippen molar-refractivity contribution in [3.63, 3.8) is 0 Å². The molecule has 0 aliphatic heterocycles. The molecule has 1 fully saturated rings. The van der Waals surface area contributed by atoms with Gasteiger partial charge in [-0.1, -0.05) is 17.7 Å². The van der Waals surface area contributed by atoms with Gasteiger partial charge in [0.2, 0.25) is 12.3 Å². The van der Waals surface area contributed by atoms with Crippen LogP contribution < -0.4 is 9.50 Å². The van der Waals surface area contributed by atoms with E-state index >= 15 is 0 Å². The zero-order valence-corrected chi connectivity index (χ0v) is 12.4. The first-order chi connectivity index (χ1) is 10.0. The number of hydrogen-bond acceptors (Lipinski definition) is 5. The van der Waals surface area contributed by atoms with Crippen LogP contribution in [0.1, 0.15) is 13.8 Å². The summed E-state index contributed by atoms with van der Waals surface area (Å²) in [6.07, 6.45) is -0.534. The Balaban J connectivity index is 2.09. The second kappa shape index (κ2) is 5.41. The lowest BCUT2D eigenvalue weighted by atomic mass is 10.1. The summed E-state index contributed by atoms with van der Waals surface area (Å²) in [6.45, 7) is 3.11. The number of aromatic nitrogens is 1. The van der Waals surface area contributed by atoms with Crippen LogP contribution in [-0.4, -0.2) is 25.7 Å². The number of halogens is 3. The molecule has 1 aromatic heterocycles. The molecule has 1 aliphatic carbocycles. The lowest BCUT2D eigenvalue weighted by Gasteiger charge is -2.07. The molecule has 10 heteroatoms. The van der Waals surface area contributed by atoms with Crippen LogP contribution in [0.15, 0.2) is 18.5 Å². The fourth-order valence-corrected chi connectivity index (χ4v) is 2.84. The van der Waals surface area contributed by atoms with E-state index in [0.29, 0.717) is 0 Å². The summed E-state index contributed by atoms with van der Waals surface area (Å²) < 4.78 is 62.7. The second-order valence-electron chi connectivity index (χ2n) is 5.53. The molecule has 0 aromatic carbocycles. The van der Waals surface area contributed by atoms with Gasteiger partial charge in [0.1, 0.15) is 0 Å². The maximum Gasteiger partial charge on any atom is 0.488 e. The Bertz CT molecular complexity index is 693. The van der Waals surface area contributed by atoms with E-state index < -0.39 is 45.8 Å². The van der Waals surface area contributed by atoms with E-state index in [9.17, 15) is 25.9 Å². The normalized spacial score (nSPS) is 23.2. The minimum Gasteiger partial charge on any atom is -0.357 e. The van der Waals surface area contributed by atoms with Crippen molar-refractivity contribution in [1.82, 2.24) is 4.98 Å². The largest absolute Gasteiger partial charge is 0.488 e. The molecule has 0 saturated heterocycles. The van der Waals surface area contributed by atoms with Crippen LogP contribution in [0.3, 0.4) is 0 Å². The third-order valence-corrected chi connectivity index (χ3v) is 4.03. The van der Waals surface area contributed by atoms with Gasteiger partial charge in [-0.2, -0.15) is 8.42 Å². The number of hydrogen-bond donors (Lipinski definition) is 1. The fourth-order valence-electron chi connectivity index (χ4n) is 2.52. The molecule has 0 spiro atoms. The summed E-state index contributed by atoms with van der Waals surface area (Å²) in [4.78, 5) is 15.6. The SMILES string of the molecule is CC1(C)[C@H](C(=O)Nc2cncc(OS(=O)(=O)F)c2)[C@@H]1C(F)F. The predicted molar refractivity (Wildman–Crippen MR) is 70.3 cm³/mol. The standard InChI is InChI=1S/C12H13F3N2O4S/c1-12(2)8(10(13)14)9(12)11(18)17-6-3-7(5-16-4-6)21-22(15,19)20/h3-5,8-10H,1-2H3,(H,17,18)/t8-,9+/m1/s1. The molecule has 2 atom stereocenters. The zero-order valence-electron chi connectivity index (χ0n) is 11.6. The number of alkyl halides is 2. The third kappa shape index (κ3) is 3.49. The summed E-state index contributed by atoms with van der Waals surface area (Å²) in [5.74, 6) is -3.01. The smallest absolute Gasteiger partial charge is 0.357 e. The Hall–Kier alpha value is -1.84. The molecule has 6 nitrogen and oxygen atoms in total. The molecule has 0 unspecified atom stereocenters. The first-order valence-corrected chi connectivity index (χ1v) is 7.51. The fraction of sp³-hybridized carbons (Fsp3) is 0.500. The lowest BCUT2D eigenvalue weighted by molar-refractivity contribution is -0.118. The number of nitrogens with zero attached hydrogens (tertiary/aromatic N) is 1. The quantitative estimate of drug-likeness (QED) is 0.832. The van der Waals surface area contributed by atoms with Crippen molar-refractivity contribution in [1.29, 1.82) is 0 Å². The van der Waals surface area contributed by atoms with E-state index in [0.717, 1.165) is 18.5 Å². The van der Waals surface area contributed by atoms with Crippen molar-refractivity contribution in [2.75, 3.05) is 5.32 Å². The molecule has 1 aliphatic rings. The molecule has 1 amide bonds. The number of anilines is 1. The van der Waals surface area contributed by atoms with Crippen molar-refractivity contribution in [3.05, 3.63) is 18.5 Å². The Morgan fingerprint density at radius 2 is 2.05 bits per heavy atom. The average molecular weight is 338 g/mol. The molecule has 22 heavy (non-hydrogen) atoms. The Kier molecular flexibility index (Phi) is 4.07. The van der Waals surface area contributed by atoms with E-state index in [1.165, 1.54) is 0 Å². The molecule has 2 rings (SSSR count). The highest BCUT2D eigenvalue weighted by Crippen LogP contribution is 2.61. The van der Waals surface area contributed by atoms with Crippen LogP contribution in [-0.2, 0) is 15.3 Å². The highest BCUT2D eigenvalue weighted by atomic mass is 32.3. The summed E-state index contributed by atoms with van der Waals surface area (Å²) in [6, 6.07) is 1.02. The van der Waals surface area contributed by atoms with E-state index in [2.05, 4.69) is 14.5 Å². The number of carbonyl (C=O) groups excluding carboxylic acids is 1. The highest BCUT2D eigenvalue weighted by Gasteiger charge is 2.65. The number of carbonyl (C=O) groups is 1. The maximum absolute atomic E-state index is 12.8. The second-order valence-corrected chi connectivity index (χ2v) is 6.49. The number of rotatable bonds is 5. The van der Waals surface area contributed by atoms with Gasteiger partial charge in [-0.3, -0.25) is 9.78 Å². The number of nitrogens with one attached hydrogen (secondary N) is 1. The minimum absolute atomic E-state index is 0.0156. The van der Waals surface area contributed by atoms with Gasteiger partial charge in [-0.05, 0) is 5.41 Å². The van der Waals surface area contributed by atoms with Crippen molar-refractivity contribution in [2.24, 2.45) is 17.3 Å². The van der Waals surface area contributed by atoms with Gasteiger partial charge in [0.05, 0.1) is 24.0 Å². The molecule has 1 aromatic rings. The highest BCUT2D eigenvalue weighted by molar-refractivity contribution is 7.81. The van der Waals surface area contributed by atoms with Crippen LogP contribution in [0.4, 0.5) is 18.4 Å². The minimum atomic E-state index is -5.22. The molecular formula is C12H13F3N2O4S. The predicted octanol–water partition coefficient (Wildman–Crippen LogP) is 2.15. The molecule has 0 radical (unpaired) electrons. The topological polar surface area (TPSA) is 85.4 Å². The van der Waals surface area contributed by atoms with Gasteiger partial charge in [-0.25, -0.2) is 8.78 Å². The van der Waals surface area contributed by atoms with Crippen molar-refractivity contribution < 1.29 is 30.1 Å². The van der Waals surface area contributed by atoms with Gasteiger partial charge in [0, 0.05) is 12.0 Å². The number of pyridine rings is 1. The van der Waals surface area contributed by atoms with E-state index in [-0.39, 0.29) is 5.69 Å². The van der Waals surface area contributed by atoms with Crippen molar-refractivity contribution >= 4 is 22.1 Å². The van der Waals surface area contributed by atoms with Crippen LogP contribution in [0.5, 0.6) is 5.75 Å². The Labute approximate surface area is 125 Å². The van der Waals surface area contributed by atoms with Gasteiger partial charge in [0.25, 0.3) is 0 Å². The van der Waals surface area contributed by atoms with Crippen LogP contribution in [0.25, 0.3) is 0 Å². The monoisotopic (exact) mass is 338 g/mol. The summed E-state index contributed by atoms with van der Waals surface area (Å²) in [5.41, 5.74) is -0.816. The van der Waals surface area contributed by atoms with Gasteiger partial charge in [0.15, 0.2) is 5.75 Å². The third-order valence-electron chi connectivity index (χ3n) is 3.64. The molecule has 0 bridgehead atoms. The average Bonchev–Trinajstić information content (AvgIpc) is 2.90.